The normalized spacial score (nSPS) is 11.1. The summed E-state index contributed by atoms with van der Waals surface area (Å²) in [6.45, 7) is 6.69. The van der Waals surface area contributed by atoms with Gasteiger partial charge in [0.1, 0.15) is 18.1 Å². The second-order valence-corrected chi connectivity index (χ2v) is 4.67. The van der Waals surface area contributed by atoms with Crippen molar-refractivity contribution in [3.63, 3.8) is 0 Å². The fourth-order valence-corrected chi connectivity index (χ4v) is 2.20. The maximum Gasteiger partial charge on any atom is 0.261 e. The molecule has 1 heterocycles. The Morgan fingerprint density at radius 3 is 2.47 bits per heavy atom. The Hall–Kier alpha value is -1.57. The highest BCUT2D eigenvalue weighted by Crippen LogP contribution is 2.12. The van der Waals surface area contributed by atoms with Crippen molar-refractivity contribution in [2.75, 3.05) is 0 Å². The highest BCUT2D eigenvalue weighted by atomic mass is 15.2. The van der Waals surface area contributed by atoms with E-state index in [4.69, 9.17) is 0 Å². The molecule has 0 aliphatic heterocycles. The molecule has 2 rings (SSSR count). The molecule has 0 aliphatic rings. The molecule has 0 fully saturated rings. The van der Waals surface area contributed by atoms with Gasteiger partial charge in [-0.3, -0.25) is 0 Å². The minimum Gasteiger partial charge on any atom is -0.232 e. The lowest BCUT2D eigenvalue weighted by Gasteiger charge is -2.06. The molecule has 0 aliphatic carbocycles. The summed E-state index contributed by atoms with van der Waals surface area (Å²) in [7, 11) is 0. The summed E-state index contributed by atoms with van der Waals surface area (Å²) in [5.74, 6) is 1.38. The Morgan fingerprint density at radius 2 is 1.88 bits per heavy atom. The average Bonchev–Trinajstić information content (AvgIpc) is 2.75. The first-order valence-corrected chi connectivity index (χ1v) is 6.40. The topological polar surface area (TPSA) is 8.81 Å². The zero-order valence-corrected chi connectivity index (χ0v) is 10.9. The first kappa shape index (κ1) is 11.9. The summed E-state index contributed by atoms with van der Waals surface area (Å²) in [5.41, 5.74) is 1.25. The van der Waals surface area contributed by atoms with Crippen LogP contribution in [0.1, 0.15) is 39.1 Å². The Labute approximate surface area is 104 Å². The molecular weight excluding hydrogens is 208 g/mol. The lowest BCUT2D eigenvalue weighted by atomic mass is 10.2. The number of para-hydroxylation sites is 1. The van der Waals surface area contributed by atoms with Crippen LogP contribution < -0.4 is 4.57 Å². The molecule has 0 radical (unpaired) electrons. The van der Waals surface area contributed by atoms with Crippen LogP contribution in [-0.2, 0) is 6.42 Å². The standard InChI is InChI=1S/C15H21N2/c1-4-8-15-16(13(2)3)11-12-17(15)14-9-6-5-7-10-14/h5-7,9-13H,4,8H2,1-3H3/q+1. The van der Waals surface area contributed by atoms with E-state index in [0.717, 1.165) is 6.42 Å². The summed E-state index contributed by atoms with van der Waals surface area (Å²) < 4.78 is 4.65. The van der Waals surface area contributed by atoms with Gasteiger partial charge >= 0.3 is 0 Å². The monoisotopic (exact) mass is 229 g/mol. The van der Waals surface area contributed by atoms with Crippen LogP contribution in [0.4, 0.5) is 0 Å². The molecule has 0 spiro atoms. The number of aromatic nitrogens is 2. The Bertz CT molecular complexity index is 469. The first-order valence-electron chi connectivity index (χ1n) is 6.40. The number of benzene rings is 1. The van der Waals surface area contributed by atoms with Crippen molar-refractivity contribution in [1.82, 2.24) is 4.57 Å². The molecule has 0 atom stereocenters. The van der Waals surface area contributed by atoms with Crippen molar-refractivity contribution in [3.8, 4) is 5.69 Å². The third kappa shape index (κ3) is 2.41. The first-order chi connectivity index (χ1) is 8.24. The van der Waals surface area contributed by atoms with E-state index < -0.39 is 0 Å². The Balaban J connectivity index is 2.47. The van der Waals surface area contributed by atoms with Crippen LogP contribution in [0.25, 0.3) is 5.69 Å². The van der Waals surface area contributed by atoms with E-state index in [1.54, 1.807) is 0 Å². The maximum absolute atomic E-state index is 2.36. The van der Waals surface area contributed by atoms with Crippen molar-refractivity contribution < 1.29 is 4.57 Å². The van der Waals surface area contributed by atoms with E-state index in [2.05, 4.69) is 72.6 Å². The summed E-state index contributed by atoms with van der Waals surface area (Å²) in [6.07, 6.45) is 6.63. The van der Waals surface area contributed by atoms with Gasteiger partial charge in [-0.15, -0.1) is 0 Å². The van der Waals surface area contributed by atoms with Gasteiger partial charge in [-0.2, -0.15) is 4.57 Å². The van der Waals surface area contributed by atoms with Crippen molar-refractivity contribution in [1.29, 1.82) is 0 Å². The van der Waals surface area contributed by atoms with Crippen molar-refractivity contribution >= 4 is 0 Å². The lowest BCUT2D eigenvalue weighted by Crippen LogP contribution is -2.39. The molecule has 0 N–H and O–H groups in total. The molecule has 1 aromatic heterocycles. The molecule has 2 nitrogen and oxygen atoms in total. The summed E-state index contributed by atoms with van der Waals surface area (Å²) in [4.78, 5) is 0. The van der Waals surface area contributed by atoms with Gasteiger partial charge in [0.25, 0.3) is 5.82 Å². The van der Waals surface area contributed by atoms with Gasteiger partial charge in [0.2, 0.25) is 0 Å². The molecule has 2 aromatic rings. The third-order valence-corrected chi connectivity index (χ3v) is 3.02. The van der Waals surface area contributed by atoms with Crippen molar-refractivity contribution in [2.24, 2.45) is 0 Å². The van der Waals surface area contributed by atoms with E-state index in [1.165, 1.54) is 17.9 Å². The van der Waals surface area contributed by atoms with Gasteiger partial charge in [0.05, 0.1) is 6.04 Å². The van der Waals surface area contributed by atoms with E-state index in [-0.39, 0.29) is 0 Å². The molecule has 1 aromatic carbocycles. The molecule has 0 saturated carbocycles. The zero-order valence-electron chi connectivity index (χ0n) is 10.9. The fraction of sp³-hybridized carbons (Fsp3) is 0.400. The van der Waals surface area contributed by atoms with Crippen LogP contribution in [0, 0.1) is 0 Å². The van der Waals surface area contributed by atoms with E-state index in [1.807, 2.05) is 0 Å². The smallest absolute Gasteiger partial charge is 0.232 e. The fourth-order valence-electron chi connectivity index (χ4n) is 2.20. The van der Waals surface area contributed by atoms with Gasteiger partial charge < -0.3 is 0 Å². The third-order valence-electron chi connectivity index (χ3n) is 3.02. The average molecular weight is 229 g/mol. The van der Waals surface area contributed by atoms with Gasteiger partial charge in [0.15, 0.2) is 0 Å². The van der Waals surface area contributed by atoms with Gasteiger partial charge in [-0.05, 0) is 32.4 Å². The molecule has 2 heteroatoms. The second-order valence-electron chi connectivity index (χ2n) is 4.67. The summed E-state index contributed by atoms with van der Waals surface area (Å²) in [5, 5.41) is 0. The zero-order chi connectivity index (χ0) is 12.3. The quantitative estimate of drug-likeness (QED) is 0.711. The molecule has 0 amide bonds. The number of imidazole rings is 1. The minimum absolute atomic E-state index is 0.515. The largest absolute Gasteiger partial charge is 0.261 e. The number of hydrogen-bond acceptors (Lipinski definition) is 0. The van der Waals surface area contributed by atoms with Crippen LogP contribution in [0.2, 0.25) is 0 Å². The predicted molar refractivity (Wildman–Crippen MR) is 70.3 cm³/mol. The highest BCUT2D eigenvalue weighted by molar-refractivity contribution is 5.31. The number of nitrogens with zero attached hydrogens (tertiary/aromatic N) is 2. The van der Waals surface area contributed by atoms with Crippen LogP contribution in [0.15, 0.2) is 42.7 Å². The molecular formula is C15H21N2+. The lowest BCUT2D eigenvalue weighted by molar-refractivity contribution is -0.722. The second kappa shape index (κ2) is 5.17. The molecule has 0 saturated heterocycles. The van der Waals surface area contributed by atoms with E-state index >= 15 is 0 Å². The number of hydrogen-bond donors (Lipinski definition) is 0. The van der Waals surface area contributed by atoms with Crippen LogP contribution >= 0.6 is 0 Å². The van der Waals surface area contributed by atoms with Crippen molar-refractivity contribution in [3.05, 3.63) is 48.5 Å². The van der Waals surface area contributed by atoms with Crippen LogP contribution in [0.5, 0.6) is 0 Å². The summed E-state index contributed by atoms with van der Waals surface area (Å²) in [6, 6.07) is 11.1. The van der Waals surface area contributed by atoms with Gasteiger partial charge in [0, 0.05) is 6.42 Å². The predicted octanol–water partition coefficient (Wildman–Crippen LogP) is 3.30. The molecule has 90 valence electrons. The van der Waals surface area contributed by atoms with Crippen LogP contribution in [-0.4, -0.2) is 4.57 Å². The minimum atomic E-state index is 0.515. The van der Waals surface area contributed by atoms with E-state index in [9.17, 15) is 0 Å². The molecule has 17 heavy (non-hydrogen) atoms. The molecule has 0 bridgehead atoms. The Kier molecular flexibility index (Phi) is 3.62. The maximum atomic E-state index is 2.36. The van der Waals surface area contributed by atoms with E-state index in [0.29, 0.717) is 6.04 Å². The SMILES string of the molecule is CCCc1n(-c2ccccc2)cc[n+]1C(C)C. The van der Waals surface area contributed by atoms with Gasteiger partial charge in [-0.25, -0.2) is 4.57 Å². The van der Waals surface area contributed by atoms with Crippen molar-refractivity contribution in [2.45, 2.75) is 39.7 Å². The summed E-state index contributed by atoms with van der Waals surface area (Å²) >= 11 is 0. The Morgan fingerprint density at radius 1 is 1.18 bits per heavy atom. The van der Waals surface area contributed by atoms with Crippen LogP contribution in [0.3, 0.4) is 0 Å². The molecule has 0 unspecified atom stereocenters. The highest BCUT2D eigenvalue weighted by Gasteiger charge is 2.19. The van der Waals surface area contributed by atoms with Gasteiger partial charge in [-0.1, -0.05) is 25.1 Å². The number of rotatable bonds is 4.